The molecule has 1 aliphatic heterocycles. The molecule has 1 aromatic rings. The van der Waals surface area contributed by atoms with E-state index in [1.165, 1.54) is 17.0 Å². The first-order chi connectivity index (χ1) is 10.9. The summed E-state index contributed by atoms with van der Waals surface area (Å²) in [5.74, 6) is -0.0531. The molecule has 7 nitrogen and oxygen atoms in total. The van der Waals surface area contributed by atoms with Gasteiger partial charge in [0.05, 0.1) is 11.5 Å². The minimum absolute atomic E-state index is 0.0108. The Morgan fingerprint density at radius 3 is 2.61 bits per heavy atom. The molecular formula is C16H19N3O4. The number of hydrogen-bond acceptors (Lipinski definition) is 4. The third-order valence-electron chi connectivity index (χ3n) is 4.99. The van der Waals surface area contributed by atoms with Crippen molar-refractivity contribution < 1.29 is 14.5 Å². The molecule has 1 aromatic carbocycles. The molecule has 0 radical (unpaired) electrons. The highest BCUT2D eigenvalue weighted by Crippen LogP contribution is 2.38. The van der Waals surface area contributed by atoms with Crippen molar-refractivity contribution in [1.82, 2.24) is 10.2 Å². The van der Waals surface area contributed by atoms with E-state index in [0.717, 1.165) is 19.3 Å². The highest BCUT2D eigenvalue weighted by atomic mass is 16.6. The van der Waals surface area contributed by atoms with Gasteiger partial charge in [-0.25, -0.2) is 4.79 Å². The van der Waals surface area contributed by atoms with Gasteiger partial charge in [0.2, 0.25) is 0 Å². The van der Waals surface area contributed by atoms with Gasteiger partial charge in [-0.3, -0.25) is 19.8 Å². The molecule has 7 heteroatoms. The van der Waals surface area contributed by atoms with Crippen LogP contribution in [0.1, 0.15) is 38.2 Å². The monoisotopic (exact) mass is 317 g/mol. The lowest BCUT2D eigenvalue weighted by Crippen LogP contribution is -2.53. The van der Waals surface area contributed by atoms with Gasteiger partial charge in [0, 0.05) is 12.1 Å². The van der Waals surface area contributed by atoms with Crippen molar-refractivity contribution in [3.8, 4) is 0 Å². The fourth-order valence-electron chi connectivity index (χ4n) is 3.54. The van der Waals surface area contributed by atoms with E-state index in [4.69, 9.17) is 0 Å². The van der Waals surface area contributed by atoms with Gasteiger partial charge in [-0.1, -0.05) is 31.9 Å². The first kappa shape index (κ1) is 15.5. The Hall–Kier alpha value is -2.44. The second-order valence-corrected chi connectivity index (χ2v) is 6.36. The van der Waals surface area contributed by atoms with E-state index in [0.29, 0.717) is 12.0 Å². The van der Waals surface area contributed by atoms with Gasteiger partial charge in [0.1, 0.15) is 5.54 Å². The van der Waals surface area contributed by atoms with E-state index in [1.807, 2.05) is 6.92 Å². The molecule has 122 valence electrons. The Balaban J connectivity index is 1.79. The van der Waals surface area contributed by atoms with E-state index in [9.17, 15) is 19.7 Å². The van der Waals surface area contributed by atoms with Crippen LogP contribution in [0.5, 0.6) is 0 Å². The van der Waals surface area contributed by atoms with Gasteiger partial charge >= 0.3 is 6.03 Å². The van der Waals surface area contributed by atoms with Crippen LogP contribution in [0.3, 0.4) is 0 Å². The second-order valence-electron chi connectivity index (χ2n) is 6.36. The number of benzene rings is 1. The highest BCUT2D eigenvalue weighted by Gasteiger charge is 2.54. The van der Waals surface area contributed by atoms with Crippen molar-refractivity contribution in [2.45, 2.75) is 44.7 Å². The number of imide groups is 1. The maximum Gasteiger partial charge on any atom is 0.325 e. The fourth-order valence-corrected chi connectivity index (χ4v) is 3.54. The van der Waals surface area contributed by atoms with Crippen molar-refractivity contribution >= 4 is 17.6 Å². The summed E-state index contributed by atoms with van der Waals surface area (Å²) in [5, 5.41) is 13.6. The van der Waals surface area contributed by atoms with Crippen molar-refractivity contribution in [3.05, 3.63) is 39.9 Å². The number of non-ortho nitro benzene ring substituents is 1. The zero-order valence-corrected chi connectivity index (χ0v) is 12.9. The molecular weight excluding hydrogens is 298 g/mol. The van der Waals surface area contributed by atoms with Crippen molar-refractivity contribution in [3.63, 3.8) is 0 Å². The van der Waals surface area contributed by atoms with Crippen LogP contribution in [-0.2, 0) is 11.3 Å². The maximum atomic E-state index is 12.8. The Morgan fingerprint density at radius 1 is 1.30 bits per heavy atom. The molecule has 3 rings (SSSR count). The Bertz CT molecular complexity index is 658. The van der Waals surface area contributed by atoms with Gasteiger partial charge in [-0.15, -0.1) is 0 Å². The van der Waals surface area contributed by atoms with E-state index in [1.54, 1.807) is 12.1 Å². The number of urea groups is 1. The number of rotatable bonds is 3. The summed E-state index contributed by atoms with van der Waals surface area (Å²) < 4.78 is 0. The zero-order valence-electron chi connectivity index (χ0n) is 12.9. The van der Waals surface area contributed by atoms with Crippen LogP contribution in [0, 0.1) is 16.0 Å². The predicted octanol–water partition coefficient (Wildman–Crippen LogP) is 2.60. The summed E-state index contributed by atoms with van der Waals surface area (Å²) in [6, 6.07) is 5.55. The molecule has 23 heavy (non-hydrogen) atoms. The minimum atomic E-state index is -0.768. The average molecular weight is 317 g/mol. The first-order valence-electron chi connectivity index (χ1n) is 7.81. The number of nitro benzene ring substituents is 1. The van der Waals surface area contributed by atoms with Crippen LogP contribution >= 0.6 is 0 Å². The molecule has 0 aromatic heterocycles. The van der Waals surface area contributed by atoms with Crippen LogP contribution in [0.2, 0.25) is 0 Å². The number of nitro groups is 1. The van der Waals surface area contributed by atoms with Gasteiger partial charge in [0.15, 0.2) is 0 Å². The molecule has 2 aliphatic rings. The summed E-state index contributed by atoms with van der Waals surface area (Å²) in [7, 11) is 0. The molecule has 1 saturated carbocycles. The fraction of sp³-hybridized carbons (Fsp3) is 0.500. The Kier molecular flexibility index (Phi) is 3.79. The van der Waals surface area contributed by atoms with Crippen LogP contribution in [0.4, 0.5) is 10.5 Å². The smallest absolute Gasteiger partial charge is 0.323 e. The van der Waals surface area contributed by atoms with Crippen molar-refractivity contribution in [2.24, 2.45) is 5.92 Å². The highest BCUT2D eigenvalue weighted by molar-refractivity contribution is 6.07. The number of carbonyl (C=O) groups is 2. The summed E-state index contributed by atoms with van der Waals surface area (Å²) in [6.45, 7) is 2.14. The molecule has 1 aliphatic carbocycles. The molecule has 0 bridgehead atoms. The lowest BCUT2D eigenvalue weighted by Gasteiger charge is -2.36. The number of hydrogen-bond donors (Lipinski definition) is 1. The van der Waals surface area contributed by atoms with Gasteiger partial charge in [0.25, 0.3) is 11.6 Å². The zero-order chi connectivity index (χ0) is 16.6. The van der Waals surface area contributed by atoms with Crippen LogP contribution in [-0.4, -0.2) is 27.3 Å². The number of carbonyl (C=O) groups excluding carboxylic acids is 2. The van der Waals surface area contributed by atoms with E-state index in [-0.39, 0.29) is 30.1 Å². The molecule has 3 amide bonds. The average Bonchev–Trinajstić information content (AvgIpc) is 2.76. The SMILES string of the molecule is C[C@H]1CCCC[C@@]12NC(=O)N(Cc1ccc([N+](=O)[O-])cc1)C2=O. The second kappa shape index (κ2) is 5.64. The normalized spacial score (nSPS) is 27.3. The summed E-state index contributed by atoms with van der Waals surface area (Å²) in [6.07, 6.45) is 3.61. The Morgan fingerprint density at radius 2 is 2.00 bits per heavy atom. The van der Waals surface area contributed by atoms with Crippen molar-refractivity contribution in [2.75, 3.05) is 0 Å². The van der Waals surface area contributed by atoms with Gasteiger partial charge in [-0.2, -0.15) is 0 Å². The van der Waals surface area contributed by atoms with Crippen molar-refractivity contribution in [1.29, 1.82) is 0 Å². The maximum absolute atomic E-state index is 12.8. The van der Waals surface area contributed by atoms with Crippen LogP contribution < -0.4 is 5.32 Å². The van der Waals surface area contributed by atoms with Crippen LogP contribution in [0.15, 0.2) is 24.3 Å². The van der Waals surface area contributed by atoms with E-state index >= 15 is 0 Å². The number of nitrogens with one attached hydrogen (secondary N) is 1. The number of amides is 3. The quantitative estimate of drug-likeness (QED) is 0.527. The van der Waals surface area contributed by atoms with E-state index < -0.39 is 10.5 Å². The van der Waals surface area contributed by atoms with Gasteiger partial charge < -0.3 is 5.32 Å². The molecule has 0 unspecified atom stereocenters. The third-order valence-corrected chi connectivity index (χ3v) is 4.99. The molecule has 1 saturated heterocycles. The van der Waals surface area contributed by atoms with E-state index in [2.05, 4.69) is 5.32 Å². The lowest BCUT2D eigenvalue weighted by atomic mass is 9.73. The first-order valence-corrected chi connectivity index (χ1v) is 7.81. The molecule has 1 spiro atoms. The standard InChI is InChI=1S/C16H19N3O4/c1-11-4-2-3-9-16(11)14(20)18(15(21)17-16)10-12-5-7-13(8-6-12)19(22)23/h5-8,11H,2-4,9-10H2,1H3,(H,17,21)/t11-,16+/m0/s1. The summed E-state index contributed by atoms with van der Waals surface area (Å²) in [5.41, 5.74) is -0.0845. The molecule has 1 N–H and O–H groups in total. The predicted molar refractivity (Wildman–Crippen MR) is 82.5 cm³/mol. The minimum Gasteiger partial charge on any atom is -0.323 e. The lowest BCUT2D eigenvalue weighted by molar-refractivity contribution is -0.384. The van der Waals surface area contributed by atoms with Gasteiger partial charge in [-0.05, 0) is 24.3 Å². The Labute approximate surface area is 133 Å². The number of nitrogens with zero attached hydrogens (tertiary/aromatic N) is 2. The summed E-state index contributed by atoms with van der Waals surface area (Å²) in [4.78, 5) is 36.5. The largest absolute Gasteiger partial charge is 0.325 e. The third kappa shape index (κ3) is 2.56. The summed E-state index contributed by atoms with van der Waals surface area (Å²) >= 11 is 0. The molecule has 1 heterocycles. The topological polar surface area (TPSA) is 92.6 Å². The molecule has 2 fully saturated rings. The van der Waals surface area contributed by atoms with Crippen LogP contribution in [0.25, 0.3) is 0 Å². The molecule has 2 atom stereocenters.